The van der Waals surface area contributed by atoms with E-state index in [9.17, 15) is 0 Å². The molecule has 0 atom stereocenters. The van der Waals surface area contributed by atoms with Crippen LogP contribution in [-0.2, 0) is 6.54 Å². The van der Waals surface area contributed by atoms with E-state index in [4.69, 9.17) is 11.6 Å². The average molecular weight is 309 g/mol. The number of rotatable bonds is 4. The van der Waals surface area contributed by atoms with Crippen LogP contribution in [0.25, 0.3) is 0 Å². The average Bonchev–Trinajstić information content (AvgIpc) is 2.58. The maximum Gasteiger partial charge on any atom is 0.0642 e. The van der Waals surface area contributed by atoms with Gasteiger partial charge in [0, 0.05) is 25.7 Å². The van der Waals surface area contributed by atoms with E-state index in [-0.39, 0.29) is 0 Å². The Morgan fingerprint density at radius 3 is 2.67 bits per heavy atom. The van der Waals surface area contributed by atoms with Gasteiger partial charge in [-0.1, -0.05) is 45.4 Å². The van der Waals surface area contributed by atoms with Gasteiger partial charge in [-0.2, -0.15) is 0 Å². The lowest BCUT2D eigenvalue weighted by Crippen LogP contribution is -2.25. The van der Waals surface area contributed by atoms with Gasteiger partial charge in [0.1, 0.15) is 0 Å². The summed E-state index contributed by atoms with van der Waals surface area (Å²) in [5.41, 5.74) is 2.91. The zero-order chi connectivity index (χ0) is 15.5. The van der Waals surface area contributed by atoms with E-state index in [0.717, 1.165) is 24.7 Å². The molecule has 1 saturated heterocycles. The molecular formula is C18H29ClN2. The molecule has 3 heteroatoms. The van der Waals surface area contributed by atoms with Gasteiger partial charge in [-0.15, -0.1) is 0 Å². The summed E-state index contributed by atoms with van der Waals surface area (Å²) in [4.78, 5) is 2.46. The Balaban J connectivity index is 2.06. The second kappa shape index (κ2) is 7.02. The van der Waals surface area contributed by atoms with Crippen LogP contribution in [-0.4, -0.2) is 19.1 Å². The van der Waals surface area contributed by atoms with E-state index in [1.807, 2.05) is 0 Å². The normalized spacial score (nSPS) is 18.9. The maximum absolute atomic E-state index is 6.53. The topological polar surface area (TPSA) is 15.3 Å². The molecule has 2 nitrogen and oxygen atoms in total. The first-order chi connectivity index (χ1) is 9.87. The van der Waals surface area contributed by atoms with Crippen LogP contribution in [0.4, 0.5) is 5.69 Å². The molecule has 1 fully saturated rings. The molecule has 0 aromatic heterocycles. The van der Waals surface area contributed by atoms with Crippen molar-refractivity contribution in [2.75, 3.05) is 18.0 Å². The number of hydrogen-bond acceptors (Lipinski definition) is 2. The first-order valence-electron chi connectivity index (χ1n) is 8.14. The Morgan fingerprint density at radius 2 is 2.00 bits per heavy atom. The van der Waals surface area contributed by atoms with E-state index in [1.54, 1.807) is 0 Å². The monoisotopic (exact) mass is 308 g/mol. The molecule has 0 bridgehead atoms. The van der Waals surface area contributed by atoms with Crippen LogP contribution in [0.3, 0.4) is 0 Å². The number of nitrogens with zero attached hydrogens (tertiary/aromatic N) is 1. The Bertz CT molecular complexity index is 468. The summed E-state index contributed by atoms with van der Waals surface area (Å²) >= 11 is 6.53. The van der Waals surface area contributed by atoms with Crippen LogP contribution >= 0.6 is 11.6 Å². The Kier molecular flexibility index (Phi) is 5.56. The SMILES string of the molecule is CC(C)NCc1ccc(N2CCCC(C)(C)CC2)c(Cl)c1. The fourth-order valence-electron chi connectivity index (χ4n) is 2.90. The zero-order valence-corrected chi connectivity index (χ0v) is 14.6. The Morgan fingerprint density at radius 1 is 1.24 bits per heavy atom. The molecule has 21 heavy (non-hydrogen) atoms. The fourth-order valence-corrected chi connectivity index (χ4v) is 3.23. The molecule has 2 rings (SSSR count). The maximum atomic E-state index is 6.53. The highest BCUT2D eigenvalue weighted by Gasteiger charge is 2.23. The van der Waals surface area contributed by atoms with Crippen molar-refractivity contribution in [2.45, 2.75) is 59.5 Å². The Labute approximate surface area is 134 Å². The first-order valence-corrected chi connectivity index (χ1v) is 8.52. The molecule has 1 aromatic rings. The summed E-state index contributed by atoms with van der Waals surface area (Å²) in [7, 11) is 0. The van der Waals surface area contributed by atoms with Crippen molar-refractivity contribution in [3.05, 3.63) is 28.8 Å². The largest absolute Gasteiger partial charge is 0.370 e. The molecular weight excluding hydrogens is 280 g/mol. The third-order valence-corrected chi connectivity index (χ3v) is 4.71. The number of anilines is 1. The van der Waals surface area contributed by atoms with Crippen molar-refractivity contribution >= 4 is 17.3 Å². The van der Waals surface area contributed by atoms with E-state index in [1.165, 1.54) is 30.5 Å². The number of nitrogens with one attached hydrogen (secondary N) is 1. The molecule has 1 N–H and O–H groups in total. The van der Waals surface area contributed by atoms with Crippen molar-refractivity contribution in [1.82, 2.24) is 5.32 Å². The third kappa shape index (κ3) is 4.89. The fraction of sp³-hybridized carbons (Fsp3) is 0.667. The van der Waals surface area contributed by atoms with Crippen molar-refractivity contribution < 1.29 is 0 Å². The quantitative estimate of drug-likeness (QED) is 0.855. The standard InChI is InChI=1S/C18H29ClN2/c1-14(2)20-13-15-6-7-17(16(19)12-15)21-10-5-8-18(3,4)9-11-21/h6-7,12,14,20H,5,8-11,13H2,1-4H3. The molecule has 1 aliphatic rings. The molecule has 0 saturated carbocycles. The number of hydrogen-bond donors (Lipinski definition) is 1. The highest BCUT2D eigenvalue weighted by Crippen LogP contribution is 2.34. The van der Waals surface area contributed by atoms with Gasteiger partial charge in [-0.3, -0.25) is 0 Å². The van der Waals surface area contributed by atoms with Gasteiger partial charge in [0.2, 0.25) is 0 Å². The summed E-state index contributed by atoms with van der Waals surface area (Å²) in [6.07, 6.45) is 3.79. The Hall–Kier alpha value is -0.730. The second-order valence-corrected chi connectivity index (χ2v) is 7.73. The molecule has 118 valence electrons. The molecule has 0 amide bonds. The minimum absolute atomic E-state index is 0.461. The molecule has 0 spiro atoms. The minimum atomic E-state index is 0.461. The smallest absolute Gasteiger partial charge is 0.0642 e. The number of benzene rings is 1. The predicted octanol–water partition coefficient (Wildman–Crippen LogP) is 4.85. The van der Waals surface area contributed by atoms with E-state index < -0.39 is 0 Å². The van der Waals surface area contributed by atoms with E-state index in [2.05, 4.69) is 56.1 Å². The molecule has 0 unspecified atom stereocenters. The predicted molar refractivity (Wildman–Crippen MR) is 93.3 cm³/mol. The molecule has 1 heterocycles. The molecule has 0 radical (unpaired) electrons. The van der Waals surface area contributed by atoms with Gasteiger partial charge in [0.25, 0.3) is 0 Å². The summed E-state index contributed by atoms with van der Waals surface area (Å²) < 4.78 is 0. The first kappa shape index (κ1) is 16.6. The second-order valence-electron chi connectivity index (χ2n) is 7.33. The van der Waals surface area contributed by atoms with Crippen LogP contribution in [0.15, 0.2) is 18.2 Å². The van der Waals surface area contributed by atoms with E-state index >= 15 is 0 Å². The minimum Gasteiger partial charge on any atom is -0.370 e. The molecule has 1 aromatic carbocycles. The third-order valence-electron chi connectivity index (χ3n) is 4.41. The lowest BCUT2D eigenvalue weighted by Gasteiger charge is -2.26. The summed E-state index contributed by atoms with van der Waals surface area (Å²) in [5, 5.41) is 4.32. The van der Waals surface area contributed by atoms with Crippen LogP contribution in [0.5, 0.6) is 0 Å². The van der Waals surface area contributed by atoms with Gasteiger partial charge in [0.15, 0.2) is 0 Å². The highest BCUT2D eigenvalue weighted by molar-refractivity contribution is 6.33. The highest BCUT2D eigenvalue weighted by atomic mass is 35.5. The molecule has 0 aliphatic carbocycles. The van der Waals surface area contributed by atoms with Crippen molar-refractivity contribution in [3.8, 4) is 0 Å². The van der Waals surface area contributed by atoms with Crippen LogP contribution < -0.4 is 10.2 Å². The summed E-state index contributed by atoms with van der Waals surface area (Å²) in [5.74, 6) is 0. The zero-order valence-electron chi connectivity index (χ0n) is 13.9. The van der Waals surface area contributed by atoms with Crippen molar-refractivity contribution in [1.29, 1.82) is 0 Å². The summed E-state index contributed by atoms with van der Waals surface area (Å²) in [6.45, 7) is 12.2. The lowest BCUT2D eigenvalue weighted by atomic mass is 9.85. The van der Waals surface area contributed by atoms with Gasteiger partial charge in [-0.05, 0) is 42.4 Å². The lowest BCUT2D eigenvalue weighted by molar-refractivity contribution is 0.325. The van der Waals surface area contributed by atoms with Crippen molar-refractivity contribution in [2.24, 2.45) is 5.41 Å². The van der Waals surface area contributed by atoms with Crippen LogP contribution in [0.1, 0.15) is 52.5 Å². The summed E-state index contributed by atoms with van der Waals surface area (Å²) in [6, 6.07) is 7.00. The van der Waals surface area contributed by atoms with Crippen LogP contribution in [0, 0.1) is 5.41 Å². The molecule has 1 aliphatic heterocycles. The van der Waals surface area contributed by atoms with Gasteiger partial charge in [0.05, 0.1) is 10.7 Å². The van der Waals surface area contributed by atoms with Gasteiger partial charge < -0.3 is 10.2 Å². The van der Waals surface area contributed by atoms with Gasteiger partial charge >= 0.3 is 0 Å². The number of halogens is 1. The van der Waals surface area contributed by atoms with Crippen LogP contribution in [0.2, 0.25) is 5.02 Å². The van der Waals surface area contributed by atoms with Gasteiger partial charge in [-0.25, -0.2) is 0 Å². The van der Waals surface area contributed by atoms with E-state index in [0.29, 0.717) is 11.5 Å². The van der Waals surface area contributed by atoms with Crippen molar-refractivity contribution in [3.63, 3.8) is 0 Å².